The summed E-state index contributed by atoms with van der Waals surface area (Å²) < 4.78 is 0. The fourth-order valence-electron chi connectivity index (χ4n) is 3.79. The van der Waals surface area contributed by atoms with E-state index in [1.54, 1.807) is 35.2 Å². The van der Waals surface area contributed by atoms with E-state index in [2.05, 4.69) is 10.6 Å². The Morgan fingerprint density at radius 2 is 1.62 bits per heavy atom. The smallest absolute Gasteiger partial charge is 0.319 e. The minimum Gasteiger partial charge on any atom is -0.341 e. The average molecular weight is 476 g/mol. The molecule has 1 unspecified atom stereocenters. The van der Waals surface area contributed by atoms with Crippen molar-refractivity contribution in [3.8, 4) is 0 Å². The van der Waals surface area contributed by atoms with E-state index in [1.165, 1.54) is 0 Å². The van der Waals surface area contributed by atoms with Crippen molar-refractivity contribution in [1.29, 1.82) is 0 Å². The molecule has 0 bridgehead atoms. The number of rotatable bonds is 6. The third-order valence-electron chi connectivity index (χ3n) is 5.63. The van der Waals surface area contributed by atoms with Crippen LogP contribution in [0.2, 0.25) is 10.0 Å². The molecule has 3 rings (SSSR count). The molecule has 6 nitrogen and oxygen atoms in total. The van der Waals surface area contributed by atoms with E-state index >= 15 is 0 Å². The van der Waals surface area contributed by atoms with Gasteiger partial charge >= 0.3 is 6.03 Å². The lowest BCUT2D eigenvalue weighted by Gasteiger charge is -2.35. The van der Waals surface area contributed by atoms with Gasteiger partial charge < -0.3 is 15.5 Å². The number of ketones is 1. The number of nitrogens with zero attached hydrogens (tertiary/aromatic N) is 1. The molecular weight excluding hydrogens is 449 g/mol. The van der Waals surface area contributed by atoms with Crippen molar-refractivity contribution >= 4 is 46.6 Å². The molecule has 1 saturated heterocycles. The number of para-hydroxylation sites is 1. The van der Waals surface area contributed by atoms with Crippen LogP contribution in [0.25, 0.3) is 0 Å². The predicted octanol–water partition coefficient (Wildman–Crippen LogP) is 5.26. The van der Waals surface area contributed by atoms with Gasteiger partial charge in [0.15, 0.2) is 5.78 Å². The summed E-state index contributed by atoms with van der Waals surface area (Å²) in [7, 11) is 0. The third kappa shape index (κ3) is 6.02. The second kappa shape index (κ2) is 10.8. The number of piperidine rings is 1. The first-order valence-corrected chi connectivity index (χ1v) is 11.4. The highest BCUT2D eigenvalue weighted by Gasteiger charge is 2.33. The third-order valence-corrected chi connectivity index (χ3v) is 6.37. The standard InChI is InChI=1S/C24H27Cl2N3O3/c1-15(2)21(28-24(32)27-18-6-4-3-5-7-18)23(31)29-12-10-16(11-13-29)22(30)17-8-9-19(25)20(26)14-17/h3-9,14-16,21H,10-13H2,1-2H3,(H2,27,28,32). The van der Waals surface area contributed by atoms with Crippen molar-refractivity contribution in [2.75, 3.05) is 18.4 Å². The predicted molar refractivity (Wildman–Crippen MR) is 127 cm³/mol. The van der Waals surface area contributed by atoms with Crippen LogP contribution in [0.15, 0.2) is 48.5 Å². The fraction of sp³-hybridized carbons (Fsp3) is 0.375. The normalized spacial score (nSPS) is 15.3. The maximum Gasteiger partial charge on any atom is 0.319 e. The van der Waals surface area contributed by atoms with Crippen molar-refractivity contribution in [1.82, 2.24) is 10.2 Å². The number of hydrogen-bond acceptors (Lipinski definition) is 3. The van der Waals surface area contributed by atoms with Gasteiger partial charge in [-0.2, -0.15) is 0 Å². The Morgan fingerprint density at radius 1 is 0.969 bits per heavy atom. The summed E-state index contributed by atoms with van der Waals surface area (Å²) in [6, 6.07) is 12.9. The van der Waals surface area contributed by atoms with Crippen LogP contribution >= 0.6 is 23.2 Å². The molecular formula is C24H27Cl2N3O3. The van der Waals surface area contributed by atoms with Gasteiger partial charge in [-0.05, 0) is 49.1 Å². The molecule has 2 aromatic carbocycles. The highest BCUT2D eigenvalue weighted by atomic mass is 35.5. The van der Waals surface area contributed by atoms with Gasteiger partial charge in [-0.25, -0.2) is 4.79 Å². The zero-order valence-corrected chi connectivity index (χ0v) is 19.6. The van der Waals surface area contributed by atoms with Crippen LogP contribution in [0.1, 0.15) is 37.0 Å². The molecule has 1 heterocycles. The maximum atomic E-state index is 13.1. The summed E-state index contributed by atoms with van der Waals surface area (Å²) in [4.78, 5) is 40.1. The summed E-state index contributed by atoms with van der Waals surface area (Å²) >= 11 is 12.0. The van der Waals surface area contributed by atoms with Gasteiger partial charge in [0, 0.05) is 30.3 Å². The topological polar surface area (TPSA) is 78.5 Å². The van der Waals surface area contributed by atoms with Crippen molar-refractivity contribution in [3.05, 3.63) is 64.1 Å². The fourth-order valence-corrected chi connectivity index (χ4v) is 4.09. The Hall–Kier alpha value is -2.57. The number of carbonyl (C=O) groups is 3. The lowest BCUT2D eigenvalue weighted by Crippen LogP contribution is -2.54. The van der Waals surface area contributed by atoms with E-state index in [-0.39, 0.29) is 23.5 Å². The van der Waals surface area contributed by atoms with Crippen LogP contribution in [0.4, 0.5) is 10.5 Å². The number of carbonyl (C=O) groups excluding carboxylic acids is 3. The Balaban J connectivity index is 1.57. The van der Waals surface area contributed by atoms with Gasteiger partial charge in [0.1, 0.15) is 6.04 Å². The van der Waals surface area contributed by atoms with Gasteiger partial charge in [-0.1, -0.05) is 55.2 Å². The minimum atomic E-state index is -0.652. The number of urea groups is 1. The monoisotopic (exact) mass is 475 g/mol. The zero-order chi connectivity index (χ0) is 23.3. The van der Waals surface area contributed by atoms with E-state index in [4.69, 9.17) is 23.2 Å². The Labute approximate surface area is 198 Å². The number of anilines is 1. The molecule has 8 heteroatoms. The maximum absolute atomic E-state index is 13.1. The second-order valence-electron chi connectivity index (χ2n) is 8.28. The van der Waals surface area contributed by atoms with Crippen molar-refractivity contribution in [2.45, 2.75) is 32.7 Å². The molecule has 1 fully saturated rings. The number of nitrogens with one attached hydrogen (secondary N) is 2. The van der Waals surface area contributed by atoms with E-state index in [1.807, 2.05) is 32.0 Å². The summed E-state index contributed by atoms with van der Waals surface area (Å²) in [5.74, 6) is -0.386. The Morgan fingerprint density at radius 3 is 2.22 bits per heavy atom. The molecule has 32 heavy (non-hydrogen) atoms. The molecule has 1 aliphatic rings. The average Bonchev–Trinajstić information content (AvgIpc) is 2.79. The van der Waals surface area contributed by atoms with E-state index in [0.717, 1.165) is 0 Å². The molecule has 2 aromatic rings. The molecule has 0 spiro atoms. The number of amides is 3. The molecule has 0 aromatic heterocycles. The van der Waals surface area contributed by atoms with E-state index in [9.17, 15) is 14.4 Å². The summed E-state index contributed by atoms with van der Waals surface area (Å²) in [6.45, 7) is 4.71. The lowest BCUT2D eigenvalue weighted by molar-refractivity contribution is -0.135. The SMILES string of the molecule is CC(C)C(NC(=O)Nc1ccccc1)C(=O)N1CCC(C(=O)c2ccc(Cl)c(Cl)c2)CC1. The quantitative estimate of drug-likeness (QED) is 0.559. The van der Waals surface area contributed by atoms with Crippen LogP contribution < -0.4 is 10.6 Å². The molecule has 0 radical (unpaired) electrons. The first-order valence-electron chi connectivity index (χ1n) is 10.7. The zero-order valence-electron chi connectivity index (χ0n) is 18.1. The number of hydrogen-bond donors (Lipinski definition) is 2. The first kappa shape index (κ1) is 24.1. The van der Waals surface area contributed by atoms with Crippen LogP contribution in [0.3, 0.4) is 0 Å². The Bertz CT molecular complexity index is 974. The molecule has 2 N–H and O–H groups in total. The molecule has 0 aliphatic carbocycles. The van der Waals surface area contributed by atoms with Crippen LogP contribution in [-0.2, 0) is 4.79 Å². The highest BCUT2D eigenvalue weighted by molar-refractivity contribution is 6.42. The van der Waals surface area contributed by atoms with Crippen LogP contribution in [0, 0.1) is 11.8 Å². The van der Waals surface area contributed by atoms with Gasteiger partial charge in [-0.15, -0.1) is 0 Å². The largest absolute Gasteiger partial charge is 0.341 e. The first-order chi connectivity index (χ1) is 15.3. The van der Waals surface area contributed by atoms with Crippen molar-refractivity contribution in [2.24, 2.45) is 11.8 Å². The number of likely N-dealkylation sites (tertiary alicyclic amines) is 1. The molecule has 3 amide bonds. The van der Waals surface area contributed by atoms with Crippen LogP contribution in [-0.4, -0.2) is 41.8 Å². The van der Waals surface area contributed by atoms with E-state index in [0.29, 0.717) is 47.2 Å². The molecule has 1 atom stereocenters. The molecule has 0 saturated carbocycles. The van der Waals surface area contributed by atoms with Gasteiger partial charge in [0.25, 0.3) is 0 Å². The number of benzene rings is 2. The highest BCUT2D eigenvalue weighted by Crippen LogP contribution is 2.27. The number of halogens is 2. The summed E-state index contributed by atoms with van der Waals surface area (Å²) in [5.41, 5.74) is 1.19. The van der Waals surface area contributed by atoms with Crippen molar-refractivity contribution < 1.29 is 14.4 Å². The van der Waals surface area contributed by atoms with E-state index < -0.39 is 12.1 Å². The van der Waals surface area contributed by atoms with Crippen molar-refractivity contribution in [3.63, 3.8) is 0 Å². The molecule has 1 aliphatic heterocycles. The summed E-state index contributed by atoms with van der Waals surface area (Å²) in [5, 5.41) is 6.31. The summed E-state index contributed by atoms with van der Waals surface area (Å²) in [6.07, 6.45) is 1.12. The van der Waals surface area contributed by atoms with Gasteiger partial charge in [0.05, 0.1) is 10.0 Å². The second-order valence-corrected chi connectivity index (χ2v) is 9.09. The number of Topliss-reactive ketones (excluding diaryl/α,β-unsaturated/α-hetero) is 1. The van der Waals surface area contributed by atoms with Gasteiger partial charge in [0.2, 0.25) is 5.91 Å². The molecule has 170 valence electrons. The van der Waals surface area contributed by atoms with Crippen LogP contribution in [0.5, 0.6) is 0 Å². The minimum absolute atomic E-state index is 0.0106. The van der Waals surface area contributed by atoms with Gasteiger partial charge in [-0.3, -0.25) is 9.59 Å². The Kier molecular flexibility index (Phi) is 8.15. The lowest BCUT2D eigenvalue weighted by atomic mass is 9.88.